The summed E-state index contributed by atoms with van der Waals surface area (Å²) in [5.41, 5.74) is 7.35. The van der Waals surface area contributed by atoms with Gasteiger partial charge in [-0.15, -0.1) is 0 Å². The number of carboxylic acid groups (broad SMARTS) is 1. The molecule has 2 saturated heterocycles. The van der Waals surface area contributed by atoms with Gasteiger partial charge in [0, 0.05) is 13.1 Å². The second-order valence-electron chi connectivity index (χ2n) is 14.0. The first-order valence-corrected chi connectivity index (χ1v) is 16.6. The summed E-state index contributed by atoms with van der Waals surface area (Å²) in [6.45, 7) is 6.86. The van der Waals surface area contributed by atoms with Crippen LogP contribution in [0.4, 0.5) is 9.59 Å². The number of imidazole rings is 2. The van der Waals surface area contributed by atoms with E-state index in [1.165, 1.54) is 4.90 Å². The molecule has 3 N–H and O–H groups in total. The molecule has 10 heteroatoms. The molecule has 244 valence electrons. The minimum atomic E-state index is -0.901. The largest absolute Gasteiger partial charge is 0.465 e. The molecule has 2 unspecified atom stereocenters. The molecule has 0 bridgehead atoms. The molecule has 2 amide bonds. The normalized spacial score (nSPS) is 18.4. The van der Waals surface area contributed by atoms with E-state index in [9.17, 15) is 14.7 Å². The van der Waals surface area contributed by atoms with Gasteiger partial charge in [-0.25, -0.2) is 19.6 Å². The molecule has 0 radical (unpaired) electrons. The zero-order valence-corrected chi connectivity index (χ0v) is 27.3. The molecular formula is C38H38N6O4. The van der Waals surface area contributed by atoms with Gasteiger partial charge < -0.3 is 19.8 Å². The maximum Gasteiger partial charge on any atom is 0.410 e. The lowest BCUT2D eigenvalue weighted by atomic mass is 9.97. The number of benzene rings is 4. The highest BCUT2D eigenvalue weighted by Crippen LogP contribution is 2.36. The van der Waals surface area contributed by atoms with Gasteiger partial charge in [-0.3, -0.25) is 9.80 Å². The molecule has 2 aliphatic rings. The van der Waals surface area contributed by atoms with E-state index in [1.54, 1.807) is 4.90 Å². The van der Waals surface area contributed by atoms with Crippen molar-refractivity contribution in [2.75, 3.05) is 13.1 Å². The number of likely N-dealkylation sites (tertiary alicyclic amines) is 2. The van der Waals surface area contributed by atoms with Crippen molar-refractivity contribution in [3.63, 3.8) is 0 Å². The number of hydrogen-bond acceptors (Lipinski definition) is 5. The van der Waals surface area contributed by atoms with Crippen molar-refractivity contribution in [3.8, 4) is 22.3 Å². The summed E-state index contributed by atoms with van der Waals surface area (Å²) in [7, 11) is 0. The second-order valence-corrected chi connectivity index (χ2v) is 14.0. The van der Waals surface area contributed by atoms with E-state index >= 15 is 0 Å². The number of rotatable bonds is 4. The average Bonchev–Trinajstić information content (AvgIpc) is 3.87. The van der Waals surface area contributed by atoms with Crippen LogP contribution in [0.3, 0.4) is 0 Å². The van der Waals surface area contributed by atoms with Gasteiger partial charge in [0.2, 0.25) is 0 Å². The Balaban J connectivity index is 1.04. The molecule has 6 aromatic rings. The maximum atomic E-state index is 12.9. The van der Waals surface area contributed by atoms with Crippen LogP contribution in [0.15, 0.2) is 72.8 Å². The molecule has 4 heterocycles. The monoisotopic (exact) mass is 642 g/mol. The summed E-state index contributed by atoms with van der Waals surface area (Å²) in [5, 5.41) is 11.8. The summed E-state index contributed by atoms with van der Waals surface area (Å²) in [6.07, 6.45) is 2.18. The SMILES string of the molecule is CC(C)(C)OC(=O)N1CCCC1c1nc2ccc(-c3ccc4cc(-c5ccc6[nH]c(C7CCCN7C(=O)O)nc6c5)ccc4c3)cc2[nH]1. The highest BCUT2D eigenvalue weighted by Gasteiger charge is 2.35. The fourth-order valence-corrected chi connectivity index (χ4v) is 7.20. The molecule has 2 fully saturated rings. The quantitative estimate of drug-likeness (QED) is 0.176. The second kappa shape index (κ2) is 11.4. The fourth-order valence-electron chi connectivity index (χ4n) is 7.20. The van der Waals surface area contributed by atoms with Crippen molar-refractivity contribution in [2.24, 2.45) is 0 Å². The third-order valence-corrected chi connectivity index (χ3v) is 9.52. The van der Waals surface area contributed by atoms with Crippen LogP contribution in [0, 0.1) is 0 Å². The van der Waals surface area contributed by atoms with Gasteiger partial charge in [0.05, 0.1) is 34.2 Å². The number of ether oxygens (including phenoxy) is 1. The van der Waals surface area contributed by atoms with Crippen LogP contribution >= 0.6 is 0 Å². The predicted molar refractivity (Wildman–Crippen MR) is 186 cm³/mol. The molecule has 2 aromatic heterocycles. The minimum Gasteiger partial charge on any atom is -0.465 e. The fraction of sp³-hybridized carbons (Fsp3) is 0.316. The van der Waals surface area contributed by atoms with Crippen LogP contribution in [0.2, 0.25) is 0 Å². The van der Waals surface area contributed by atoms with E-state index in [1.807, 2.05) is 32.9 Å². The van der Waals surface area contributed by atoms with Crippen molar-refractivity contribution >= 4 is 45.0 Å². The smallest absolute Gasteiger partial charge is 0.410 e. The van der Waals surface area contributed by atoms with Crippen LogP contribution < -0.4 is 0 Å². The lowest BCUT2D eigenvalue weighted by Gasteiger charge is -2.27. The molecule has 10 nitrogen and oxygen atoms in total. The zero-order valence-electron chi connectivity index (χ0n) is 27.3. The van der Waals surface area contributed by atoms with E-state index in [4.69, 9.17) is 14.7 Å². The first kappa shape index (κ1) is 30.0. The summed E-state index contributed by atoms with van der Waals surface area (Å²) in [5.74, 6) is 1.50. The number of aromatic nitrogens is 4. The molecule has 2 aliphatic heterocycles. The highest BCUT2D eigenvalue weighted by atomic mass is 16.6. The van der Waals surface area contributed by atoms with Gasteiger partial charge in [-0.05, 0) is 116 Å². The van der Waals surface area contributed by atoms with Gasteiger partial charge in [-0.1, -0.05) is 36.4 Å². The molecule has 8 rings (SSSR count). The molecule has 0 saturated carbocycles. The summed E-state index contributed by atoms with van der Waals surface area (Å²) in [6, 6.07) is 25.0. The predicted octanol–water partition coefficient (Wildman–Crippen LogP) is 8.81. The third kappa shape index (κ3) is 5.51. The van der Waals surface area contributed by atoms with Crippen LogP contribution in [0.25, 0.3) is 55.1 Å². The number of carbonyl (C=O) groups excluding carboxylic acids is 1. The summed E-state index contributed by atoms with van der Waals surface area (Å²) < 4.78 is 5.66. The molecule has 2 atom stereocenters. The van der Waals surface area contributed by atoms with E-state index in [0.29, 0.717) is 18.9 Å². The number of hydrogen-bond donors (Lipinski definition) is 3. The Hall–Kier alpha value is -5.38. The Morgan fingerprint density at radius 3 is 1.92 bits per heavy atom. The first-order valence-electron chi connectivity index (χ1n) is 16.6. The van der Waals surface area contributed by atoms with Crippen molar-refractivity contribution in [1.82, 2.24) is 29.7 Å². The first-order chi connectivity index (χ1) is 23.1. The number of amides is 2. The number of aromatic amines is 2. The van der Waals surface area contributed by atoms with E-state index in [2.05, 4.69) is 70.6 Å². The van der Waals surface area contributed by atoms with Crippen molar-refractivity contribution in [3.05, 3.63) is 84.4 Å². The van der Waals surface area contributed by atoms with Crippen LogP contribution in [-0.4, -0.2) is 65.7 Å². The van der Waals surface area contributed by atoms with Crippen molar-refractivity contribution < 1.29 is 19.4 Å². The summed E-state index contributed by atoms with van der Waals surface area (Å²) >= 11 is 0. The number of H-pyrrole nitrogens is 2. The average molecular weight is 643 g/mol. The third-order valence-electron chi connectivity index (χ3n) is 9.52. The van der Waals surface area contributed by atoms with Gasteiger partial charge in [0.15, 0.2) is 0 Å². The van der Waals surface area contributed by atoms with E-state index < -0.39 is 11.7 Å². The number of carbonyl (C=O) groups is 2. The Morgan fingerprint density at radius 1 is 0.708 bits per heavy atom. The molecule has 0 aliphatic carbocycles. The standard InChI is InChI=1S/C38H38N6O4/c1-38(2,3)48-37(47)44-17-5-7-33(44)35-40-29-15-13-27(21-31(29)42-35)25-11-9-22-18-24(10-8-23(22)19-25)26-12-14-28-30(20-26)41-34(39-28)32-6-4-16-43(32)36(45)46/h8-15,18-21,32-33H,4-7,16-17H2,1-3H3,(H,39,41)(H,40,42)(H,45,46). The van der Waals surface area contributed by atoms with Gasteiger partial charge in [0.1, 0.15) is 17.2 Å². The Kier molecular flexibility index (Phi) is 7.12. The van der Waals surface area contributed by atoms with Gasteiger partial charge >= 0.3 is 12.2 Å². The van der Waals surface area contributed by atoms with Crippen LogP contribution in [-0.2, 0) is 4.74 Å². The Morgan fingerprint density at radius 2 is 1.25 bits per heavy atom. The number of fused-ring (bicyclic) bond motifs is 3. The minimum absolute atomic E-state index is 0.129. The molecule has 48 heavy (non-hydrogen) atoms. The lowest BCUT2D eigenvalue weighted by molar-refractivity contribution is 0.0219. The van der Waals surface area contributed by atoms with Crippen molar-refractivity contribution in [1.29, 1.82) is 0 Å². The van der Waals surface area contributed by atoms with Crippen LogP contribution in [0.5, 0.6) is 0 Å². The Bertz CT molecular complexity index is 2210. The molecular weight excluding hydrogens is 604 g/mol. The van der Waals surface area contributed by atoms with Crippen molar-refractivity contribution in [2.45, 2.75) is 64.1 Å². The van der Waals surface area contributed by atoms with E-state index in [-0.39, 0.29) is 18.2 Å². The molecule has 0 spiro atoms. The maximum absolute atomic E-state index is 12.9. The van der Waals surface area contributed by atoms with Crippen LogP contribution in [0.1, 0.15) is 70.2 Å². The molecule has 4 aromatic carbocycles. The highest BCUT2D eigenvalue weighted by molar-refractivity contribution is 5.93. The zero-order chi connectivity index (χ0) is 33.2. The Labute approximate surface area is 277 Å². The topological polar surface area (TPSA) is 127 Å². The van der Waals surface area contributed by atoms with Gasteiger partial charge in [0.25, 0.3) is 0 Å². The number of nitrogens with one attached hydrogen (secondary N) is 2. The van der Waals surface area contributed by atoms with Gasteiger partial charge in [-0.2, -0.15) is 0 Å². The lowest BCUT2D eigenvalue weighted by Crippen LogP contribution is -2.36. The number of nitrogens with zero attached hydrogens (tertiary/aromatic N) is 4. The summed E-state index contributed by atoms with van der Waals surface area (Å²) in [4.78, 5) is 44.3. The van der Waals surface area contributed by atoms with E-state index in [0.717, 1.165) is 86.6 Å².